The van der Waals surface area contributed by atoms with Crippen molar-refractivity contribution in [3.8, 4) is 0 Å². The zero-order chi connectivity index (χ0) is 34.7. The van der Waals surface area contributed by atoms with Crippen LogP contribution in [0.1, 0.15) is 0 Å². The number of carboxylic acids is 3. The number of anilines is 2. The monoisotopic (exact) mass is 840 g/mol. The quantitative estimate of drug-likeness (QED) is 0.180. The Morgan fingerprint density at radius 3 is 1.57 bits per heavy atom. The molecule has 0 aliphatic carbocycles. The van der Waals surface area contributed by atoms with E-state index in [4.69, 9.17) is 0 Å². The van der Waals surface area contributed by atoms with Gasteiger partial charge in [0, 0.05) is 89.3 Å². The summed E-state index contributed by atoms with van der Waals surface area (Å²) in [7, 11) is -3.98. The number of aliphatic carboxylic acids is 3. The molecule has 1 saturated heterocycles. The fraction of sp³-hybridized carbons (Fsp3) is 0.387. The molecule has 1 amide bonds. The first kappa shape index (κ1) is 40.1. The average Bonchev–Trinajstić information content (AvgIpc) is 3.02. The number of rotatable bonds is 12. The first-order valence-electron chi connectivity index (χ1n) is 15.1. The molecule has 263 valence electrons. The van der Waals surface area contributed by atoms with Gasteiger partial charge in [-0.05, 0) is 36.4 Å². The number of para-hydroxylation sites is 1. The Kier molecular flexibility index (Phi) is 15.7. The van der Waals surface area contributed by atoms with Crippen molar-refractivity contribution in [3.63, 3.8) is 0 Å². The van der Waals surface area contributed by atoms with Crippen molar-refractivity contribution < 1.29 is 82.9 Å². The summed E-state index contributed by atoms with van der Waals surface area (Å²) in [6.45, 7) is 0.236. The number of fused-ring (bicyclic) bond motifs is 1. The van der Waals surface area contributed by atoms with Crippen molar-refractivity contribution >= 4 is 56.1 Å². The predicted molar refractivity (Wildman–Crippen MR) is 168 cm³/mol. The second-order valence-corrected chi connectivity index (χ2v) is 13.0. The maximum absolute atomic E-state index is 13.1. The molecule has 1 fully saturated rings. The van der Waals surface area contributed by atoms with E-state index in [1.807, 2.05) is 12.1 Å². The van der Waals surface area contributed by atoms with Crippen LogP contribution >= 0.6 is 0 Å². The van der Waals surface area contributed by atoms with E-state index in [1.54, 1.807) is 44.0 Å². The number of nitrogens with zero attached hydrogens (tertiary/aromatic N) is 5. The summed E-state index contributed by atoms with van der Waals surface area (Å²) in [5.74, 6) is -4.38. The van der Waals surface area contributed by atoms with Crippen LogP contribution < -0.4 is 25.4 Å². The van der Waals surface area contributed by atoms with Crippen molar-refractivity contribution in [1.29, 1.82) is 0 Å². The molecule has 0 atom stereocenters. The van der Waals surface area contributed by atoms with Crippen LogP contribution in [-0.2, 0) is 29.2 Å². The van der Waals surface area contributed by atoms with Crippen molar-refractivity contribution in [1.82, 2.24) is 24.6 Å². The zero-order valence-corrected chi connectivity index (χ0v) is 29.5. The molecule has 3 aromatic rings. The number of amides is 1. The van der Waals surface area contributed by atoms with Crippen LogP contribution in [0.4, 0.5) is 11.4 Å². The molecular weight excluding hydrogens is 804 g/mol. The molecule has 2 aromatic carbocycles. The maximum Gasteiger partial charge on any atom is 3.00 e. The fourth-order valence-electron chi connectivity index (χ4n) is 5.27. The normalized spacial score (nSPS) is 16.1. The largest absolute Gasteiger partial charge is 3.00 e. The summed E-state index contributed by atoms with van der Waals surface area (Å²) in [6.07, 6.45) is 1.57. The maximum atomic E-state index is 13.1. The number of carbonyl (C=O) groups is 4. The minimum atomic E-state index is -3.98. The van der Waals surface area contributed by atoms with Gasteiger partial charge in [0.15, 0.2) is 0 Å². The van der Waals surface area contributed by atoms with Gasteiger partial charge in [0.05, 0.1) is 40.6 Å². The Balaban J connectivity index is 0.00000650. The van der Waals surface area contributed by atoms with Crippen molar-refractivity contribution in [2.75, 3.05) is 88.6 Å². The zero-order valence-electron chi connectivity index (χ0n) is 26.4. The Bertz CT molecular complexity index is 1680. The Morgan fingerprint density at radius 2 is 1.10 bits per heavy atom. The van der Waals surface area contributed by atoms with Gasteiger partial charge in [-0.2, -0.15) is 0 Å². The van der Waals surface area contributed by atoms with Gasteiger partial charge >= 0.3 is 39.9 Å². The summed E-state index contributed by atoms with van der Waals surface area (Å²) in [5.41, 5.74) is 1.16. The van der Waals surface area contributed by atoms with E-state index < -0.39 is 53.5 Å². The van der Waals surface area contributed by atoms with E-state index in [0.29, 0.717) is 16.9 Å². The van der Waals surface area contributed by atoms with E-state index in [2.05, 4.69) is 15.0 Å². The summed E-state index contributed by atoms with van der Waals surface area (Å²) >= 11 is 0. The molecule has 2 N–H and O–H groups in total. The van der Waals surface area contributed by atoms with E-state index >= 15 is 0 Å². The summed E-state index contributed by atoms with van der Waals surface area (Å²) in [4.78, 5) is 57.7. The van der Waals surface area contributed by atoms with Gasteiger partial charge in [-0.25, -0.2) is 8.42 Å². The van der Waals surface area contributed by atoms with Crippen LogP contribution in [0.2, 0.25) is 0 Å². The second-order valence-electron chi connectivity index (χ2n) is 11.3. The standard InChI is InChI=1S/C31H39N7O9S.Gd/c39-27(33-24-6-8-25(9-7-24)48(46,47)34-26-5-1-3-23-4-2-10-32-31(23)26)19-35-11-13-36(20-28(40)41)15-17-38(22-30(44)45)18-16-37(14-12-35)21-29(42)43;/h1-10,34H,11-22H2,(H,33,39)(H,40,41)(H,42,43)(H,44,45);/q;+3/p-3. The van der Waals surface area contributed by atoms with Crippen LogP contribution in [0.25, 0.3) is 10.9 Å². The van der Waals surface area contributed by atoms with Crippen molar-refractivity contribution in [3.05, 3.63) is 60.8 Å². The number of carbonyl (C=O) groups excluding carboxylic acids is 4. The van der Waals surface area contributed by atoms with Gasteiger partial charge in [-0.15, -0.1) is 0 Å². The van der Waals surface area contributed by atoms with Crippen LogP contribution in [0, 0.1) is 39.9 Å². The minimum absolute atomic E-state index is 0. The predicted octanol–water partition coefficient (Wildman–Crippen LogP) is -3.55. The first-order chi connectivity index (χ1) is 22.9. The number of benzene rings is 2. The molecule has 1 aliphatic rings. The van der Waals surface area contributed by atoms with Gasteiger partial charge in [-0.3, -0.25) is 34.1 Å². The number of sulfonamides is 1. The molecule has 1 aliphatic heterocycles. The third-order valence-corrected chi connectivity index (χ3v) is 9.06. The first-order valence-corrected chi connectivity index (χ1v) is 16.6. The number of pyridine rings is 1. The van der Waals surface area contributed by atoms with Crippen molar-refractivity contribution in [2.24, 2.45) is 0 Å². The molecule has 49 heavy (non-hydrogen) atoms. The number of hydrogen-bond acceptors (Lipinski definition) is 14. The van der Waals surface area contributed by atoms with Gasteiger partial charge in [0.25, 0.3) is 10.0 Å². The molecule has 2 heterocycles. The van der Waals surface area contributed by atoms with Crippen LogP contribution in [-0.4, -0.2) is 135 Å². The van der Waals surface area contributed by atoms with Crippen molar-refractivity contribution in [2.45, 2.75) is 4.90 Å². The molecule has 18 heteroatoms. The van der Waals surface area contributed by atoms with E-state index in [0.717, 1.165) is 5.39 Å². The summed E-state index contributed by atoms with van der Waals surface area (Å²) in [6, 6.07) is 14.3. The molecule has 4 rings (SSSR count). The fourth-order valence-corrected chi connectivity index (χ4v) is 6.34. The summed E-state index contributed by atoms with van der Waals surface area (Å²) < 4.78 is 28.8. The third-order valence-electron chi connectivity index (χ3n) is 7.68. The molecule has 1 radical (unpaired) electrons. The van der Waals surface area contributed by atoms with Gasteiger partial charge < -0.3 is 35.0 Å². The molecule has 0 spiro atoms. The molecule has 0 unspecified atom stereocenters. The molecule has 0 bridgehead atoms. The van der Waals surface area contributed by atoms with Crippen LogP contribution in [0.15, 0.2) is 65.7 Å². The minimum Gasteiger partial charge on any atom is -0.549 e. The molecule has 1 aromatic heterocycles. The SMILES string of the molecule is O=C([O-])CN1CCN(CC(=O)[O-])CCN(CC(=O)Nc2ccc(S(=O)(=O)Nc3cccc4cccnc34)cc2)CCN(CC(=O)[O-])CC1.[Gd+3]. The Labute approximate surface area is 315 Å². The van der Waals surface area contributed by atoms with Gasteiger partial charge in [-0.1, -0.05) is 18.2 Å². The third kappa shape index (κ3) is 13.1. The van der Waals surface area contributed by atoms with E-state index in [-0.39, 0.29) is 104 Å². The molecule has 16 nitrogen and oxygen atoms in total. The smallest absolute Gasteiger partial charge is 0.549 e. The number of hydrogen-bond donors (Lipinski definition) is 2. The number of nitrogens with one attached hydrogen (secondary N) is 2. The number of carboxylic acid groups (broad SMARTS) is 3. The number of aromatic nitrogens is 1. The molecule has 0 saturated carbocycles. The Morgan fingerprint density at radius 1 is 0.653 bits per heavy atom. The summed E-state index contributed by atoms with van der Waals surface area (Å²) in [5, 5.41) is 37.5. The van der Waals surface area contributed by atoms with E-state index in [1.165, 1.54) is 24.3 Å². The topological polar surface area (TPSA) is 222 Å². The van der Waals surface area contributed by atoms with Crippen LogP contribution in [0.3, 0.4) is 0 Å². The Hall–Kier alpha value is -3.36. The van der Waals surface area contributed by atoms with Gasteiger partial charge in [0.2, 0.25) is 5.91 Å². The second kappa shape index (κ2) is 19.1. The molecular formula is C31H36GdN7O9S. The average molecular weight is 840 g/mol. The van der Waals surface area contributed by atoms with E-state index in [9.17, 15) is 42.9 Å². The van der Waals surface area contributed by atoms with Crippen LogP contribution in [0.5, 0.6) is 0 Å². The van der Waals surface area contributed by atoms with Gasteiger partial charge in [0.1, 0.15) is 0 Å².